The number of nitrogens with one attached hydrogen (secondary N) is 2. The summed E-state index contributed by atoms with van der Waals surface area (Å²) in [7, 11) is 1.85. The van der Waals surface area contributed by atoms with Crippen LogP contribution in [0.25, 0.3) is 0 Å². The van der Waals surface area contributed by atoms with E-state index in [1.807, 2.05) is 18.8 Å². The number of benzene rings is 1. The van der Waals surface area contributed by atoms with Gasteiger partial charge >= 0.3 is 0 Å². The number of aliphatic imine (C=N–C) groups is 1. The van der Waals surface area contributed by atoms with Crippen LogP contribution in [0.2, 0.25) is 0 Å². The van der Waals surface area contributed by atoms with Crippen LogP contribution in [0.5, 0.6) is 0 Å². The third-order valence-corrected chi connectivity index (χ3v) is 5.63. The van der Waals surface area contributed by atoms with Gasteiger partial charge < -0.3 is 10.6 Å². The molecule has 0 spiro atoms. The first kappa shape index (κ1) is 17.2. The normalized spacial score (nSPS) is 22.6. The van der Waals surface area contributed by atoms with Crippen molar-refractivity contribution >= 4 is 17.7 Å². The number of guanidine groups is 1. The Kier molecular flexibility index (Phi) is 6.18. The number of rotatable bonds is 5. The van der Waals surface area contributed by atoms with Gasteiger partial charge in [0.05, 0.1) is 0 Å². The van der Waals surface area contributed by atoms with Crippen molar-refractivity contribution in [2.75, 3.05) is 19.8 Å². The highest BCUT2D eigenvalue weighted by Crippen LogP contribution is 2.28. The lowest BCUT2D eigenvalue weighted by Gasteiger charge is -2.27. The molecule has 1 aliphatic rings. The van der Waals surface area contributed by atoms with Crippen LogP contribution in [0.15, 0.2) is 35.3 Å². The van der Waals surface area contributed by atoms with E-state index in [1.165, 1.54) is 24.8 Å². The van der Waals surface area contributed by atoms with Crippen molar-refractivity contribution < 1.29 is 0 Å². The summed E-state index contributed by atoms with van der Waals surface area (Å²) in [5, 5.41) is 7.88. The second-order valence-corrected chi connectivity index (χ2v) is 7.83. The largest absolute Gasteiger partial charge is 0.356 e. The lowest BCUT2D eigenvalue weighted by atomic mass is 9.85. The molecule has 0 aromatic heterocycles. The predicted octanol–water partition coefficient (Wildman–Crippen LogP) is 3.41. The highest BCUT2D eigenvalue weighted by Gasteiger charge is 2.25. The molecule has 0 amide bonds. The van der Waals surface area contributed by atoms with Gasteiger partial charge in [0.25, 0.3) is 0 Å². The lowest BCUT2D eigenvalue weighted by Crippen LogP contribution is -2.46. The first-order valence-electron chi connectivity index (χ1n) is 8.10. The van der Waals surface area contributed by atoms with E-state index >= 15 is 0 Å². The van der Waals surface area contributed by atoms with Crippen molar-refractivity contribution in [2.45, 2.75) is 49.8 Å². The van der Waals surface area contributed by atoms with Gasteiger partial charge in [-0.3, -0.25) is 4.99 Å². The Bertz CT molecular complexity index is 484. The van der Waals surface area contributed by atoms with Gasteiger partial charge in [-0.25, -0.2) is 0 Å². The summed E-state index contributed by atoms with van der Waals surface area (Å²) in [6.45, 7) is 5.40. The summed E-state index contributed by atoms with van der Waals surface area (Å²) < 4.78 is 0. The first-order chi connectivity index (χ1) is 10.5. The van der Waals surface area contributed by atoms with Crippen LogP contribution in [-0.4, -0.2) is 37.1 Å². The molecular formula is C18H29N3S. The van der Waals surface area contributed by atoms with Crippen LogP contribution in [-0.2, 0) is 5.41 Å². The molecule has 0 saturated heterocycles. The van der Waals surface area contributed by atoms with E-state index in [0.29, 0.717) is 6.04 Å². The Morgan fingerprint density at radius 1 is 1.27 bits per heavy atom. The van der Waals surface area contributed by atoms with Crippen molar-refractivity contribution in [3.8, 4) is 0 Å². The second-order valence-electron chi connectivity index (χ2n) is 6.69. The minimum atomic E-state index is 0.0797. The van der Waals surface area contributed by atoms with E-state index < -0.39 is 0 Å². The molecule has 3 nitrogen and oxygen atoms in total. The van der Waals surface area contributed by atoms with Crippen LogP contribution < -0.4 is 10.6 Å². The molecule has 1 fully saturated rings. The fourth-order valence-electron chi connectivity index (χ4n) is 2.97. The highest BCUT2D eigenvalue weighted by atomic mass is 32.2. The molecule has 0 heterocycles. The Hall–Kier alpha value is -1.16. The minimum absolute atomic E-state index is 0.0797. The smallest absolute Gasteiger partial charge is 0.191 e. The maximum Gasteiger partial charge on any atom is 0.191 e. The predicted molar refractivity (Wildman–Crippen MR) is 98.9 cm³/mol. The SMILES string of the molecule is CN=C(NCC(C)(C)c1ccccc1)NC1CCC(SC)C1. The van der Waals surface area contributed by atoms with Crippen LogP contribution in [0, 0.1) is 0 Å². The van der Waals surface area contributed by atoms with Gasteiger partial charge in [0.15, 0.2) is 5.96 Å². The molecule has 2 N–H and O–H groups in total. The van der Waals surface area contributed by atoms with E-state index in [1.54, 1.807) is 0 Å². The maximum atomic E-state index is 4.39. The van der Waals surface area contributed by atoms with Gasteiger partial charge in [-0.1, -0.05) is 44.2 Å². The zero-order chi connectivity index (χ0) is 16.0. The van der Waals surface area contributed by atoms with Crippen molar-refractivity contribution in [2.24, 2.45) is 4.99 Å². The average molecular weight is 320 g/mol. The molecule has 22 heavy (non-hydrogen) atoms. The van der Waals surface area contributed by atoms with Crippen LogP contribution in [0.4, 0.5) is 0 Å². The molecule has 122 valence electrons. The molecule has 1 aromatic rings. The van der Waals surface area contributed by atoms with Gasteiger partial charge in [-0.15, -0.1) is 0 Å². The average Bonchev–Trinajstić information content (AvgIpc) is 3.00. The van der Waals surface area contributed by atoms with Gasteiger partial charge in [0.2, 0.25) is 0 Å². The van der Waals surface area contributed by atoms with Crippen molar-refractivity contribution in [3.63, 3.8) is 0 Å². The van der Waals surface area contributed by atoms with Crippen LogP contribution in [0.1, 0.15) is 38.7 Å². The van der Waals surface area contributed by atoms with Crippen molar-refractivity contribution in [3.05, 3.63) is 35.9 Å². The molecule has 4 heteroatoms. The molecule has 1 saturated carbocycles. The Morgan fingerprint density at radius 3 is 2.59 bits per heavy atom. The summed E-state index contributed by atoms with van der Waals surface area (Å²) in [5.41, 5.74) is 1.43. The molecular weight excluding hydrogens is 290 g/mol. The van der Waals surface area contributed by atoms with Crippen LogP contribution >= 0.6 is 11.8 Å². The van der Waals surface area contributed by atoms with Gasteiger partial charge in [-0.2, -0.15) is 11.8 Å². The van der Waals surface area contributed by atoms with Gasteiger partial charge in [-0.05, 0) is 31.1 Å². The summed E-state index contributed by atoms with van der Waals surface area (Å²) >= 11 is 1.99. The van der Waals surface area contributed by atoms with Crippen molar-refractivity contribution in [1.29, 1.82) is 0 Å². The van der Waals surface area contributed by atoms with Crippen LogP contribution in [0.3, 0.4) is 0 Å². The zero-order valence-electron chi connectivity index (χ0n) is 14.2. The van der Waals surface area contributed by atoms with E-state index in [0.717, 1.165) is 17.8 Å². The summed E-state index contributed by atoms with van der Waals surface area (Å²) in [4.78, 5) is 4.39. The lowest BCUT2D eigenvalue weighted by molar-refractivity contribution is 0.503. The second kappa shape index (κ2) is 7.91. The van der Waals surface area contributed by atoms with Gasteiger partial charge in [0, 0.05) is 30.3 Å². The van der Waals surface area contributed by atoms with E-state index in [2.05, 4.69) is 66.1 Å². The summed E-state index contributed by atoms with van der Waals surface area (Å²) in [6, 6.07) is 11.2. The third-order valence-electron chi connectivity index (χ3n) is 4.54. The summed E-state index contributed by atoms with van der Waals surface area (Å²) in [5.74, 6) is 0.927. The molecule has 0 bridgehead atoms. The summed E-state index contributed by atoms with van der Waals surface area (Å²) in [6.07, 6.45) is 6.01. The van der Waals surface area contributed by atoms with E-state index in [-0.39, 0.29) is 5.41 Å². The number of nitrogens with zero attached hydrogens (tertiary/aromatic N) is 1. The molecule has 2 rings (SSSR count). The third kappa shape index (κ3) is 4.67. The highest BCUT2D eigenvalue weighted by molar-refractivity contribution is 7.99. The number of hydrogen-bond donors (Lipinski definition) is 2. The minimum Gasteiger partial charge on any atom is -0.356 e. The molecule has 2 atom stereocenters. The Labute approximate surface area is 139 Å². The van der Waals surface area contributed by atoms with Gasteiger partial charge in [0.1, 0.15) is 0 Å². The zero-order valence-corrected chi connectivity index (χ0v) is 15.0. The standard InChI is InChI=1S/C18H29N3S/c1-18(2,14-8-6-5-7-9-14)13-20-17(19-3)21-15-10-11-16(12-15)22-4/h5-9,15-16H,10-13H2,1-4H3,(H2,19,20,21). The Morgan fingerprint density at radius 2 is 2.00 bits per heavy atom. The molecule has 2 unspecified atom stereocenters. The Balaban J connectivity index is 1.86. The molecule has 0 radical (unpaired) electrons. The van der Waals surface area contributed by atoms with Crippen molar-refractivity contribution in [1.82, 2.24) is 10.6 Å². The quantitative estimate of drug-likeness (QED) is 0.645. The number of hydrogen-bond acceptors (Lipinski definition) is 2. The molecule has 1 aliphatic carbocycles. The first-order valence-corrected chi connectivity index (χ1v) is 9.39. The fourth-order valence-corrected chi connectivity index (χ4v) is 3.77. The van der Waals surface area contributed by atoms with E-state index in [4.69, 9.17) is 0 Å². The molecule has 0 aliphatic heterocycles. The molecule has 1 aromatic carbocycles. The maximum absolute atomic E-state index is 4.39. The monoisotopic (exact) mass is 319 g/mol. The topological polar surface area (TPSA) is 36.4 Å². The fraction of sp³-hybridized carbons (Fsp3) is 0.611. The van der Waals surface area contributed by atoms with E-state index in [9.17, 15) is 0 Å². The number of thioether (sulfide) groups is 1.